The van der Waals surface area contributed by atoms with Crippen LogP contribution in [0.15, 0.2) is 24.3 Å². The van der Waals surface area contributed by atoms with Crippen LogP contribution in [-0.2, 0) is 30.8 Å². The number of hydrogen-bond acceptors (Lipinski definition) is 5. The van der Waals surface area contributed by atoms with E-state index in [9.17, 15) is 18.0 Å². The van der Waals surface area contributed by atoms with Crippen molar-refractivity contribution >= 4 is 21.9 Å². The largest absolute Gasteiger partial charge is 0.455 e. The molecule has 0 aliphatic carbocycles. The lowest BCUT2D eigenvalue weighted by Crippen LogP contribution is -2.51. The van der Waals surface area contributed by atoms with Crippen molar-refractivity contribution in [1.29, 1.82) is 0 Å². The molecule has 1 aromatic carbocycles. The maximum Gasteiger partial charge on any atom is 0.310 e. The molecule has 2 rings (SSSR count). The van der Waals surface area contributed by atoms with E-state index in [2.05, 4.69) is 0 Å². The number of esters is 1. The summed E-state index contributed by atoms with van der Waals surface area (Å²) < 4.78 is 29.2. The second-order valence-corrected chi connectivity index (χ2v) is 7.85. The van der Waals surface area contributed by atoms with Crippen molar-refractivity contribution in [3.8, 4) is 0 Å². The van der Waals surface area contributed by atoms with Gasteiger partial charge in [0.05, 0.1) is 12.7 Å². The van der Waals surface area contributed by atoms with Crippen molar-refractivity contribution in [2.75, 3.05) is 39.0 Å². The second kappa shape index (κ2) is 7.76. The normalized spacial score (nSPS) is 16.0. The quantitative estimate of drug-likeness (QED) is 0.705. The molecule has 0 spiro atoms. The van der Waals surface area contributed by atoms with E-state index in [0.717, 1.165) is 17.4 Å². The molecule has 0 radical (unpaired) electrons. The van der Waals surface area contributed by atoms with Gasteiger partial charge < -0.3 is 9.64 Å². The SMILES string of the molecule is Cc1ccc(CC(=O)OCC(=O)N2CCN(S(C)(=O)=O)CC2)cc1. The predicted molar refractivity (Wildman–Crippen MR) is 88.8 cm³/mol. The predicted octanol–water partition coefficient (Wildman–Crippen LogP) is 0.185. The molecule has 1 saturated heterocycles. The minimum absolute atomic E-state index is 0.120. The molecule has 132 valence electrons. The summed E-state index contributed by atoms with van der Waals surface area (Å²) in [5, 5.41) is 0. The second-order valence-electron chi connectivity index (χ2n) is 5.87. The number of nitrogens with zero attached hydrogens (tertiary/aromatic N) is 2. The van der Waals surface area contributed by atoms with Gasteiger partial charge in [0.1, 0.15) is 0 Å². The van der Waals surface area contributed by atoms with E-state index in [1.807, 2.05) is 31.2 Å². The van der Waals surface area contributed by atoms with Crippen LogP contribution in [0.1, 0.15) is 11.1 Å². The molecule has 1 heterocycles. The fraction of sp³-hybridized carbons (Fsp3) is 0.500. The topological polar surface area (TPSA) is 84.0 Å². The van der Waals surface area contributed by atoms with Gasteiger partial charge in [0, 0.05) is 26.2 Å². The fourth-order valence-electron chi connectivity index (χ4n) is 2.43. The number of carbonyl (C=O) groups is 2. The zero-order valence-corrected chi connectivity index (χ0v) is 14.7. The van der Waals surface area contributed by atoms with Crippen LogP contribution in [0.5, 0.6) is 0 Å². The lowest BCUT2D eigenvalue weighted by Gasteiger charge is -2.33. The third-order valence-corrected chi connectivity index (χ3v) is 5.19. The summed E-state index contributed by atoms with van der Waals surface area (Å²) in [5.41, 5.74) is 1.94. The summed E-state index contributed by atoms with van der Waals surface area (Å²) in [6.07, 6.45) is 1.27. The first-order valence-electron chi connectivity index (χ1n) is 7.70. The highest BCUT2D eigenvalue weighted by molar-refractivity contribution is 7.88. The summed E-state index contributed by atoms with van der Waals surface area (Å²) in [7, 11) is -3.23. The van der Waals surface area contributed by atoms with E-state index in [4.69, 9.17) is 4.74 Å². The van der Waals surface area contributed by atoms with Crippen molar-refractivity contribution in [3.63, 3.8) is 0 Å². The minimum atomic E-state index is -3.23. The summed E-state index contributed by atoms with van der Waals surface area (Å²) >= 11 is 0. The molecule has 1 aliphatic rings. The Bertz CT molecular complexity index is 692. The molecule has 1 aliphatic heterocycles. The molecule has 0 N–H and O–H groups in total. The van der Waals surface area contributed by atoms with Crippen molar-refractivity contribution < 1.29 is 22.7 Å². The van der Waals surface area contributed by atoms with Crippen LogP contribution in [0, 0.1) is 6.92 Å². The number of aryl methyl sites for hydroxylation is 1. The number of benzene rings is 1. The third-order valence-electron chi connectivity index (χ3n) is 3.89. The van der Waals surface area contributed by atoms with Crippen LogP contribution in [0.3, 0.4) is 0 Å². The highest BCUT2D eigenvalue weighted by Gasteiger charge is 2.26. The Morgan fingerprint density at radius 3 is 2.21 bits per heavy atom. The molecular weight excluding hydrogens is 332 g/mol. The molecule has 0 unspecified atom stereocenters. The summed E-state index contributed by atoms with van der Waals surface area (Å²) in [5.74, 6) is -0.762. The number of sulfonamides is 1. The molecule has 0 saturated carbocycles. The number of carbonyl (C=O) groups excluding carboxylic acids is 2. The highest BCUT2D eigenvalue weighted by atomic mass is 32.2. The Balaban J connectivity index is 1.75. The van der Waals surface area contributed by atoms with E-state index >= 15 is 0 Å². The van der Waals surface area contributed by atoms with Crippen LogP contribution in [0.25, 0.3) is 0 Å². The lowest BCUT2D eigenvalue weighted by molar-refractivity contribution is -0.152. The Hall–Kier alpha value is -1.93. The molecule has 1 amide bonds. The van der Waals surface area contributed by atoms with Crippen molar-refractivity contribution in [1.82, 2.24) is 9.21 Å². The number of amides is 1. The maximum absolute atomic E-state index is 12.0. The van der Waals surface area contributed by atoms with Gasteiger partial charge in [-0.2, -0.15) is 4.31 Å². The lowest BCUT2D eigenvalue weighted by atomic mass is 10.1. The Labute approximate surface area is 142 Å². The van der Waals surface area contributed by atoms with Gasteiger partial charge in [-0.3, -0.25) is 9.59 Å². The monoisotopic (exact) mass is 354 g/mol. The highest BCUT2D eigenvalue weighted by Crippen LogP contribution is 2.07. The molecule has 0 atom stereocenters. The maximum atomic E-state index is 12.0. The summed E-state index contributed by atoms with van der Waals surface area (Å²) in [6.45, 7) is 2.79. The van der Waals surface area contributed by atoms with E-state index in [1.54, 1.807) is 0 Å². The van der Waals surface area contributed by atoms with Crippen LogP contribution >= 0.6 is 0 Å². The van der Waals surface area contributed by atoms with Gasteiger partial charge in [-0.05, 0) is 12.5 Å². The van der Waals surface area contributed by atoms with Crippen LogP contribution < -0.4 is 0 Å². The van der Waals surface area contributed by atoms with Gasteiger partial charge in [0.2, 0.25) is 10.0 Å². The first kappa shape index (κ1) is 18.4. The number of piperazine rings is 1. The van der Waals surface area contributed by atoms with E-state index < -0.39 is 16.0 Å². The van der Waals surface area contributed by atoms with Crippen molar-refractivity contribution in [3.05, 3.63) is 35.4 Å². The van der Waals surface area contributed by atoms with E-state index in [0.29, 0.717) is 13.1 Å². The standard InChI is InChI=1S/C16H22N2O5S/c1-13-3-5-14(6-4-13)11-16(20)23-12-15(19)17-7-9-18(10-8-17)24(2,21)22/h3-6H,7-12H2,1-2H3. The van der Waals surface area contributed by atoms with Gasteiger partial charge in [0.25, 0.3) is 5.91 Å². The minimum Gasteiger partial charge on any atom is -0.455 e. The van der Waals surface area contributed by atoms with Gasteiger partial charge >= 0.3 is 5.97 Å². The average molecular weight is 354 g/mol. The molecule has 8 heteroatoms. The van der Waals surface area contributed by atoms with Crippen LogP contribution in [0.2, 0.25) is 0 Å². The number of rotatable bonds is 5. The fourth-order valence-corrected chi connectivity index (χ4v) is 3.25. The van der Waals surface area contributed by atoms with Crippen LogP contribution in [0.4, 0.5) is 0 Å². The smallest absolute Gasteiger partial charge is 0.310 e. The molecule has 0 bridgehead atoms. The Kier molecular flexibility index (Phi) is 5.95. The molecular formula is C16H22N2O5S. The summed E-state index contributed by atoms with van der Waals surface area (Å²) in [6, 6.07) is 7.52. The van der Waals surface area contributed by atoms with E-state index in [-0.39, 0.29) is 32.0 Å². The molecule has 0 aromatic heterocycles. The van der Waals surface area contributed by atoms with Gasteiger partial charge in [-0.1, -0.05) is 29.8 Å². The zero-order valence-electron chi connectivity index (χ0n) is 13.9. The number of ether oxygens (including phenoxy) is 1. The van der Waals surface area contributed by atoms with E-state index in [1.165, 1.54) is 9.21 Å². The molecule has 1 fully saturated rings. The third kappa shape index (κ3) is 5.31. The summed E-state index contributed by atoms with van der Waals surface area (Å²) in [4.78, 5) is 25.3. The molecule has 24 heavy (non-hydrogen) atoms. The van der Waals surface area contributed by atoms with Gasteiger partial charge in [-0.15, -0.1) is 0 Å². The Morgan fingerprint density at radius 1 is 1.08 bits per heavy atom. The van der Waals surface area contributed by atoms with Crippen molar-refractivity contribution in [2.24, 2.45) is 0 Å². The van der Waals surface area contributed by atoms with Gasteiger partial charge in [-0.25, -0.2) is 8.42 Å². The number of hydrogen-bond donors (Lipinski definition) is 0. The molecule has 7 nitrogen and oxygen atoms in total. The Morgan fingerprint density at radius 2 is 1.67 bits per heavy atom. The van der Waals surface area contributed by atoms with Crippen molar-refractivity contribution in [2.45, 2.75) is 13.3 Å². The van der Waals surface area contributed by atoms with Crippen LogP contribution in [-0.4, -0.2) is 68.5 Å². The first-order valence-corrected chi connectivity index (χ1v) is 9.54. The average Bonchev–Trinajstić information content (AvgIpc) is 2.54. The zero-order chi connectivity index (χ0) is 17.7. The molecule has 1 aromatic rings. The van der Waals surface area contributed by atoms with Gasteiger partial charge in [0.15, 0.2) is 6.61 Å². The first-order chi connectivity index (χ1) is 11.3.